The van der Waals surface area contributed by atoms with Gasteiger partial charge in [0.1, 0.15) is 29.7 Å². The average molecular weight is 876 g/mol. The van der Waals surface area contributed by atoms with Crippen LogP contribution in [0.15, 0.2) is 77.4 Å². The van der Waals surface area contributed by atoms with Gasteiger partial charge in [0.2, 0.25) is 5.91 Å². The minimum atomic E-state index is -2.42. The molecule has 2 saturated carbocycles. The Morgan fingerprint density at radius 1 is 1.00 bits per heavy atom. The fraction of sp³-hybridized carbons (Fsp3) is 0.532. The zero-order valence-corrected chi connectivity index (χ0v) is 37.0. The molecule has 2 bridgehead atoms. The molecule has 4 aliphatic rings. The van der Waals surface area contributed by atoms with E-state index in [0.717, 1.165) is 6.92 Å². The highest BCUT2D eigenvalue weighted by Crippen LogP contribution is 2.64. The first kappa shape index (κ1) is 47.1. The van der Waals surface area contributed by atoms with Crippen LogP contribution >= 0.6 is 0 Å². The van der Waals surface area contributed by atoms with Crippen molar-refractivity contribution in [3.8, 4) is 5.75 Å². The van der Waals surface area contributed by atoms with Crippen LogP contribution in [0.1, 0.15) is 96.6 Å². The molecule has 1 aliphatic heterocycles. The van der Waals surface area contributed by atoms with E-state index in [0.29, 0.717) is 16.9 Å². The van der Waals surface area contributed by atoms with Crippen molar-refractivity contribution in [2.45, 2.75) is 129 Å². The summed E-state index contributed by atoms with van der Waals surface area (Å²) < 4.78 is 35.9. The molecule has 6 rings (SSSR count). The van der Waals surface area contributed by atoms with E-state index in [2.05, 4.69) is 5.32 Å². The second-order valence-corrected chi connectivity index (χ2v) is 17.6. The number of nitrogens with one attached hydrogen (secondary N) is 1. The number of ketones is 1. The van der Waals surface area contributed by atoms with E-state index >= 15 is 4.79 Å². The molecule has 0 spiro atoms. The molecule has 4 N–H and O–H groups in total. The molecule has 0 radical (unpaired) electrons. The van der Waals surface area contributed by atoms with Gasteiger partial charge >= 0.3 is 23.9 Å². The Morgan fingerprint density at radius 2 is 1.68 bits per heavy atom. The maximum atomic E-state index is 15.6. The Bertz CT molecular complexity index is 2220. The number of carbonyl (C=O) groups is 6. The van der Waals surface area contributed by atoms with E-state index in [-0.39, 0.29) is 36.2 Å². The summed E-state index contributed by atoms with van der Waals surface area (Å²) >= 11 is 0. The second-order valence-electron chi connectivity index (χ2n) is 17.6. The van der Waals surface area contributed by atoms with E-state index in [1.54, 1.807) is 76.2 Å². The molecule has 340 valence electrons. The molecular weight excluding hydrogens is 819 g/mol. The fourth-order valence-corrected chi connectivity index (χ4v) is 9.98. The zero-order chi connectivity index (χ0) is 46.4. The molecule has 2 aromatic rings. The van der Waals surface area contributed by atoms with Crippen molar-refractivity contribution in [2.24, 2.45) is 16.7 Å². The first-order valence-electron chi connectivity index (χ1n) is 21.0. The maximum absolute atomic E-state index is 15.6. The van der Waals surface area contributed by atoms with Crippen molar-refractivity contribution in [3.05, 3.63) is 88.5 Å². The topological polar surface area (TPSA) is 231 Å². The van der Waals surface area contributed by atoms with E-state index in [9.17, 15) is 39.3 Å². The lowest BCUT2D eigenvalue weighted by Gasteiger charge is -2.67. The smallest absolute Gasteiger partial charge is 0.338 e. The van der Waals surface area contributed by atoms with Crippen molar-refractivity contribution in [3.63, 3.8) is 0 Å². The summed E-state index contributed by atoms with van der Waals surface area (Å²) in [5, 5.41) is 40.3. The number of ether oxygens (including phenoxy) is 6. The summed E-state index contributed by atoms with van der Waals surface area (Å²) in [6.45, 7) is 11.6. The molecule has 3 fully saturated rings. The van der Waals surface area contributed by atoms with Crippen LogP contribution in [0.2, 0.25) is 0 Å². The maximum Gasteiger partial charge on any atom is 0.338 e. The lowest BCUT2D eigenvalue weighted by atomic mass is 9.44. The number of amides is 1. The van der Waals surface area contributed by atoms with Crippen LogP contribution in [0.4, 0.5) is 0 Å². The van der Waals surface area contributed by atoms with Crippen LogP contribution in [-0.2, 0) is 47.7 Å². The van der Waals surface area contributed by atoms with Gasteiger partial charge in [-0.3, -0.25) is 19.2 Å². The minimum Gasteiger partial charge on any atom is -0.497 e. The van der Waals surface area contributed by atoms with Gasteiger partial charge in [-0.1, -0.05) is 63.2 Å². The van der Waals surface area contributed by atoms with Gasteiger partial charge in [-0.25, -0.2) is 9.59 Å². The fourth-order valence-electron chi connectivity index (χ4n) is 9.98. The first-order chi connectivity index (χ1) is 29.6. The number of hydrogen-bond acceptors (Lipinski definition) is 15. The summed E-state index contributed by atoms with van der Waals surface area (Å²) in [7, 11) is 1.40. The van der Waals surface area contributed by atoms with Gasteiger partial charge in [-0.15, -0.1) is 0 Å². The third-order valence-electron chi connectivity index (χ3n) is 13.8. The average Bonchev–Trinajstić information content (AvgIpc) is 3.25. The third-order valence-corrected chi connectivity index (χ3v) is 13.8. The number of methoxy groups -OCH3 is 1. The summed E-state index contributed by atoms with van der Waals surface area (Å²) in [5.74, 6) is -6.53. The number of carbonyl (C=O) groups excluding carboxylic acids is 6. The van der Waals surface area contributed by atoms with Crippen molar-refractivity contribution in [1.29, 1.82) is 0 Å². The van der Waals surface area contributed by atoms with Crippen LogP contribution in [-0.4, -0.2) is 112 Å². The Labute approximate surface area is 365 Å². The Kier molecular flexibility index (Phi) is 13.2. The zero-order valence-electron chi connectivity index (χ0n) is 37.0. The Balaban J connectivity index is 1.57. The Hall–Kier alpha value is -5.42. The molecule has 1 amide bonds. The van der Waals surface area contributed by atoms with E-state index in [1.807, 2.05) is 0 Å². The minimum absolute atomic E-state index is 0.00483. The van der Waals surface area contributed by atoms with Crippen LogP contribution < -0.4 is 10.1 Å². The second kappa shape index (κ2) is 17.6. The van der Waals surface area contributed by atoms with Gasteiger partial charge < -0.3 is 49.1 Å². The molecule has 1 unspecified atom stereocenters. The summed E-state index contributed by atoms with van der Waals surface area (Å²) in [5.41, 5.74) is -7.15. The molecule has 1 saturated heterocycles. The highest BCUT2D eigenvalue weighted by molar-refractivity contribution is 5.96. The number of fused-ring (bicyclic) bond motifs is 5. The van der Waals surface area contributed by atoms with Gasteiger partial charge in [-0.2, -0.15) is 0 Å². The SMILES string of the molecule is C/C=C(\C)C(=O)N[C@@H](c1ccccc1)[C@@H](O)C(=O)O[C@H]1C[C@@]2(O)[C@@H](OC(=O)c3cccc(OC)c3)C3[C@](C)(C(=O)[C@H](OC(=O)CC)C(=C1C)C2(C)C)[C@@H](O)C[C@H]1OC[C@@]31OC(C)=O. The van der Waals surface area contributed by atoms with Crippen LogP contribution in [0.5, 0.6) is 5.75 Å². The molecule has 16 heteroatoms. The summed E-state index contributed by atoms with van der Waals surface area (Å²) in [6.07, 6.45) is -9.24. The van der Waals surface area contributed by atoms with Gasteiger partial charge in [0.15, 0.2) is 23.6 Å². The van der Waals surface area contributed by atoms with E-state index < -0.39 is 113 Å². The number of hydrogen-bond donors (Lipinski definition) is 4. The number of benzene rings is 2. The largest absolute Gasteiger partial charge is 0.497 e. The van der Waals surface area contributed by atoms with Crippen LogP contribution in [0, 0.1) is 16.7 Å². The molecule has 1 heterocycles. The summed E-state index contributed by atoms with van der Waals surface area (Å²) in [4.78, 5) is 83.9. The predicted molar refractivity (Wildman–Crippen MR) is 223 cm³/mol. The number of rotatable bonds is 12. The number of esters is 4. The monoisotopic (exact) mass is 875 g/mol. The van der Waals surface area contributed by atoms with Crippen molar-refractivity contribution < 1.29 is 72.5 Å². The van der Waals surface area contributed by atoms with Crippen molar-refractivity contribution in [1.82, 2.24) is 5.32 Å². The van der Waals surface area contributed by atoms with Crippen molar-refractivity contribution in [2.75, 3.05) is 13.7 Å². The quantitative estimate of drug-likeness (QED) is 0.103. The molecule has 11 atom stereocenters. The van der Waals surface area contributed by atoms with Gasteiger partial charge in [0.25, 0.3) is 0 Å². The molecule has 3 aliphatic carbocycles. The van der Waals surface area contributed by atoms with Gasteiger partial charge in [-0.05, 0) is 62.6 Å². The van der Waals surface area contributed by atoms with Crippen molar-refractivity contribution >= 4 is 35.6 Å². The lowest BCUT2D eigenvalue weighted by Crippen LogP contribution is -2.82. The van der Waals surface area contributed by atoms with Crippen LogP contribution in [0.3, 0.4) is 0 Å². The summed E-state index contributed by atoms with van der Waals surface area (Å²) in [6, 6.07) is 12.9. The first-order valence-corrected chi connectivity index (χ1v) is 21.0. The molecule has 0 aromatic heterocycles. The molecular formula is C47H57NO15. The number of aliphatic hydroxyl groups excluding tert-OH is 2. The molecule has 2 aromatic carbocycles. The third kappa shape index (κ3) is 7.95. The number of Topliss-reactive ketones (excluding diaryl/α,β-unsaturated/α-hetero) is 1. The standard InChI is InChI=1S/C47H57NO15/c1-10-24(3)41(54)48-35(27-16-13-12-14-17-27)36(52)43(56)60-30-22-47(57)40(62-42(55)28-18-15-19-29(20-28)58-9)38-45(8,31(50)21-32-46(38,23-59-32)63-26(5)49)39(53)37(61-33(51)11-2)34(25(30)4)44(47,6)7/h10,12-20,30-32,35-38,40,50,52,57H,11,21-23H2,1-9H3,(H,48,54)/b24-10+/t30-,31-,32+,35-,36+,37+,38?,40-,45+,46-,47+/m0/s1. The number of aliphatic hydroxyl groups is 3. The predicted octanol–water partition coefficient (Wildman–Crippen LogP) is 3.79. The van der Waals surface area contributed by atoms with Crippen LogP contribution in [0.25, 0.3) is 0 Å². The highest BCUT2D eigenvalue weighted by Gasteiger charge is 2.78. The lowest BCUT2D eigenvalue weighted by molar-refractivity contribution is -0.346. The molecule has 16 nitrogen and oxygen atoms in total. The van der Waals surface area contributed by atoms with E-state index in [1.165, 1.54) is 40.0 Å². The van der Waals surface area contributed by atoms with E-state index in [4.69, 9.17) is 28.4 Å². The van der Waals surface area contributed by atoms with Gasteiger partial charge in [0, 0.05) is 37.2 Å². The van der Waals surface area contributed by atoms with Gasteiger partial charge in [0.05, 0.1) is 42.8 Å². The Morgan fingerprint density at radius 3 is 2.27 bits per heavy atom. The highest BCUT2D eigenvalue weighted by atomic mass is 16.6. The number of allylic oxidation sites excluding steroid dienone is 1. The molecule has 63 heavy (non-hydrogen) atoms. The normalized spacial score (nSPS) is 31.9.